The predicted octanol–water partition coefficient (Wildman–Crippen LogP) is 4.40. The second-order valence-corrected chi connectivity index (χ2v) is 9.46. The van der Waals surface area contributed by atoms with Crippen LogP contribution in [0, 0.1) is 13.8 Å². The van der Waals surface area contributed by atoms with Crippen molar-refractivity contribution in [2.45, 2.75) is 25.3 Å². The van der Waals surface area contributed by atoms with Gasteiger partial charge in [0.05, 0.1) is 10.6 Å². The molecule has 0 bridgehead atoms. The molecule has 0 N–H and O–H groups in total. The minimum absolute atomic E-state index is 0.0843. The quantitative estimate of drug-likeness (QED) is 0.592. The number of aryl methyl sites for hydroxylation is 2. The van der Waals surface area contributed by atoms with Crippen molar-refractivity contribution < 1.29 is 13.2 Å². The van der Waals surface area contributed by atoms with Gasteiger partial charge in [-0.15, -0.1) is 0 Å². The number of amides is 1. The number of sulfonamides is 1. The lowest BCUT2D eigenvalue weighted by Gasteiger charge is -2.21. The molecule has 3 aromatic carbocycles. The van der Waals surface area contributed by atoms with E-state index in [0.29, 0.717) is 17.8 Å². The maximum Gasteiger partial charge on any atom is 0.264 e. The summed E-state index contributed by atoms with van der Waals surface area (Å²) in [6, 6.07) is 21.4. The molecule has 0 spiro atoms. The zero-order chi connectivity index (χ0) is 21.9. The van der Waals surface area contributed by atoms with Gasteiger partial charge in [0, 0.05) is 26.2 Å². The van der Waals surface area contributed by atoms with Gasteiger partial charge < -0.3 is 4.90 Å². The van der Waals surface area contributed by atoms with Crippen LogP contribution in [-0.4, -0.2) is 33.3 Å². The summed E-state index contributed by atoms with van der Waals surface area (Å²) in [5.41, 5.74) is 4.05. The molecule has 156 valence electrons. The van der Waals surface area contributed by atoms with Crippen LogP contribution >= 0.6 is 0 Å². The molecule has 0 atom stereocenters. The van der Waals surface area contributed by atoms with Crippen LogP contribution in [-0.2, 0) is 16.6 Å². The zero-order valence-corrected chi connectivity index (χ0v) is 18.5. The van der Waals surface area contributed by atoms with Crippen molar-refractivity contribution in [2.75, 3.05) is 18.4 Å². The molecule has 0 aromatic heterocycles. The highest BCUT2D eigenvalue weighted by Crippen LogP contribution is 2.24. The summed E-state index contributed by atoms with van der Waals surface area (Å²) in [7, 11) is -0.565. The topological polar surface area (TPSA) is 57.7 Å². The fraction of sp³-hybridized carbons (Fsp3) is 0.208. The third-order valence-corrected chi connectivity index (χ3v) is 6.77. The maximum absolute atomic E-state index is 13.1. The molecule has 0 aliphatic heterocycles. The van der Waals surface area contributed by atoms with Crippen molar-refractivity contribution >= 4 is 21.6 Å². The number of carbonyl (C=O) groups excluding carboxylic acids is 1. The normalized spacial score (nSPS) is 11.2. The lowest BCUT2D eigenvalue weighted by atomic mass is 10.1. The molecule has 0 heterocycles. The van der Waals surface area contributed by atoms with Gasteiger partial charge in [0.2, 0.25) is 0 Å². The monoisotopic (exact) mass is 422 g/mol. The number of carbonyl (C=O) groups is 1. The number of nitrogens with zero attached hydrogens (tertiary/aromatic N) is 2. The first-order valence-electron chi connectivity index (χ1n) is 9.65. The molecule has 0 fully saturated rings. The van der Waals surface area contributed by atoms with Crippen LogP contribution in [0.25, 0.3) is 0 Å². The summed E-state index contributed by atoms with van der Waals surface area (Å²) in [5.74, 6) is -0.231. The maximum atomic E-state index is 13.1. The summed E-state index contributed by atoms with van der Waals surface area (Å²) in [6.07, 6.45) is 0. The van der Waals surface area contributed by atoms with Crippen molar-refractivity contribution in [2.24, 2.45) is 0 Å². The van der Waals surface area contributed by atoms with Crippen LogP contribution in [0.15, 0.2) is 77.7 Å². The van der Waals surface area contributed by atoms with Gasteiger partial charge in [0.1, 0.15) is 0 Å². The molecule has 3 rings (SSSR count). The lowest BCUT2D eigenvalue weighted by molar-refractivity contribution is 0.0785. The number of benzene rings is 3. The Kier molecular flexibility index (Phi) is 6.27. The number of anilines is 1. The van der Waals surface area contributed by atoms with Gasteiger partial charge in [-0.1, -0.05) is 48.0 Å². The Hall–Kier alpha value is -3.12. The van der Waals surface area contributed by atoms with Crippen molar-refractivity contribution in [1.82, 2.24) is 4.90 Å². The first-order chi connectivity index (χ1) is 14.2. The Labute approximate surface area is 178 Å². The standard InChI is InChI=1S/C24H26N2O3S/c1-18-11-13-20(14-12-18)17-25(3)24(27)21-8-6-10-23(16-21)30(28,29)26(4)22-9-5-7-19(2)15-22/h5-16H,17H2,1-4H3. The molecule has 1 amide bonds. The molecule has 0 aliphatic carbocycles. The average Bonchev–Trinajstić information content (AvgIpc) is 2.74. The smallest absolute Gasteiger partial charge is 0.264 e. The summed E-state index contributed by atoms with van der Waals surface area (Å²) in [4.78, 5) is 14.6. The van der Waals surface area contributed by atoms with Crippen molar-refractivity contribution in [3.8, 4) is 0 Å². The van der Waals surface area contributed by atoms with Crippen molar-refractivity contribution in [3.63, 3.8) is 0 Å². The molecule has 0 aliphatic rings. The fourth-order valence-electron chi connectivity index (χ4n) is 3.17. The lowest BCUT2D eigenvalue weighted by Crippen LogP contribution is -2.28. The molecule has 30 heavy (non-hydrogen) atoms. The van der Waals surface area contributed by atoms with E-state index in [1.165, 1.54) is 23.5 Å². The van der Waals surface area contributed by atoms with Gasteiger partial charge in [-0.3, -0.25) is 9.10 Å². The minimum Gasteiger partial charge on any atom is -0.337 e. The van der Waals surface area contributed by atoms with Crippen LogP contribution in [0.3, 0.4) is 0 Å². The third kappa shape index (κ3) is 4.71. The highest BCUT2D eigenvalue weighted by atomic mass is 32.2. The summed E-state index contributed by atoms with van der Waals surface area (Å²) >= 11 is 0. The Balaban J connectivity index is 1.83. The predicted molar refractivity (Wildman–Crippen MR) is 120 cm³/mol. The van der Waals surface area contributed by atoms with Crippen molar-refractivity contribution in [3.05, 3.63) is 95.1 Å². The second-order valence-electron chi connectivity index (χ2n) is 7.49. The van der Waals surface area contributed by atoms with Gasteiger partial charge >= 0.3 is 0 Å². The molecule has 3 aromatic rings. The highest BCUT2D eigenvalue weighted by molar-refractivity contribution is 7.92. The molecule has 6 heteroatoms. The van der Waals surface area contributed by atoms with E-state index in [2.05, 4.69) is 0 Å². The Morgan fingerprint density at radius 2 is 1.50 bits per heavy atom. The van der Waals surface area contributed by atoms with E-state index < -0.39 is 10.0 Å². The first-order valence-corrected chi connectivity index (χ1v) is 11.1. The second kappa shape index (κ2) is 8.71. The number of hydrogen-bond donors (Lipinski definition) is 0. The first kappa shape index (κ1) is 21.6. The van der Waals surface area contributed by atoms with Gasteiger partial charge in [0.15, 0.2) is 0 Å². The number of hydrogen-bond acceptors (Lipinski definition) is 3. The SMILES string of the molecule is Cc1ccc(CN(C)C(=O)c2cccc(S(=O)(=O)N(C)c3cccc(C)c3)c2)cc1. The molecular weight excluding hydrogens is 396 g/mol. The molecule has 0 saturated heterocycles. The molecule has 0 saturated carbocycles. The molecular formula is C24H26N2O3S. The van der Waals surface area contributed by atoms with Crippen LogP contribution in [0.5, 0.6) is 0 Å². The van der Waals surface area contributed by atoms with E-state index in [-0.39, 0.29) is 10.8 Å². The van der Waals surface area contributed by atoms with E-state index in [4.69, 9.17) is 0 Å². The molecule has 0 radical (unpaired) electrons. The van der Waals surface area contributed by atoms with Gasteiger partial charge in [-0.2, -0.15) is 0 Å². The Morgan fingerprint density at radius 1 is 0.833 bits per heavy atom. The number of rotatable bonds is 6. The van der Waals surface area contributed by atoms with E-state index >= 15 is 0 Å². The summed E-state index contributed by atoms with van der Waals surface area (Å²) in [5, 5.41) is 0. The Bertz CT molecular complexity index is 1160. The van der Waals surface area contributed by atoms with Crippen molar-refractivity contribution in [1.29, 1.82) is 0 Å². The minimum atomic E-state index is -3.79. The van der Waals surface area contributed by atoms with Gasteiger partial charge in [-0.05, 0) is 55.3 Å². The fourth-order valence-corrected chi connectivity index (χ4v) is 4.40. The van der Waals surface area contributed by atoms with E-state index in [9.17, 15) is 13.2 Å². The highest BCUT2D eigenvalue weighted by Gasteiger charge is 2.23. The zero-order valence-electron chi connectivity index (χ0n) is 17.7. The van der Waals surface area contributed by atoms with Crippen LogP contribution in [0.4, 0.5) is 5.69 Å². The van der Waals surface area contributed by atoms with E-state index in [1.807, 2.05) is 56.3 Å². The molecule has 0 unspecified atom stereocenters. The van der Waals surface area contributed by atoms with E-state index in [0.717, 1.165) is 16.7 Å². The summed E-state index contributed by atoms with van der Waals surface area (Å²) in [6.45, 7) is 4.37. The molecule has 5 nitrogen and oxygen atoms in total. The van der Waals surface area contributed by atoms with Crippen LogP contribution in [0.1, 0.15) is 27.0 Å². The van der Waals surface area contributed by atoms with Crippen LogP contribution < -0.4 is 4.31 Å². The van der Waals surface area contributed by atoms with Crippen LogP contribution in [0.2, 0.25) is 0 Å². The van der Waals surface area contributed by atoms with Gasteiger partial charge in [0.25, 0.3) is 15.9 Å². The van der Waals surface area contributed by atoms with E-state index in [1.54, 1.807) is 30.1 Å². The third-order valence-electron chi connectivity index (χ3n) is 4.99. The Morgan fingerprint density at radius 3 is 2.17 bits per heavy atom. The largest absolute Gasteiger partial charge is 0.337 e. The summed E-state index contributed by atoms with van der Waals surface area (Å²) < 4.78 is 27.5. The van der Waals surface area contributed by atoms with Gasteiger partial charge in [-0.25, -0.2) is 8.42 Å². The average molecular weight is 423 g/mol.